The normalized spacial score (nSPS) is 11.4. The Morgan fingerprint density at radius 3 is 2.30 bits per heavy atom. The first-order valence-corrected chi connectivity index (χ1v) is 8.75. The molecule has 0 saturated heterocycles. The van der Waals surface area contributed by atoms with Gasteiger partial charge >= 0.3 is 0 Å². The fourth-order valence-electron chi connectivity index (χ4n) is 2.59. The van der Waals surface area contributed by atoms with E-state index in [9.17, 15) is 14.4 Å². The van der Waals surface area contributed by atoms with Crippen LogP contribution in [0.25, 0.3) is 0 Å². The van der Waals surface area contributed by atoms with Crippen LogP contribution in [0.1, 0.15) is 28.4 Å². The molecule has 0 fully saturated rings. The lowest BCUT2D eigenvalue weighted by molar-refractivity contribution is -0.134. The number of hydrogen-bond acceptors (Lipinski definition) is 3. The lowest BCUT2D eigenvalue weighted by Crippen LogP contribution is -2.47. The Labute approximate surface area is 159 Å². The summed E-state index contributed by atoms with van der Waals surface area (Å²) in [5, 5.41) is 5.42. The molecule has 0 aliphatic carbocycles. The molecule has 6 nitrogen and oxygen atoms in total. The molecule has 0 heterocycles. The zero-order valence-corrected chi connectivity index (χ0v) is 16.1. The van der Waals surface area contributed by atoms with Crippen LogP contribution in [0, 0.1) is 13.8 Å². The van der Waals surface area contributed by atoms with E-state index in [-0.39, 0.29) is 24.3 Å². The van der Waals surface area contributed by atoms with E-state index in [0.29, 0.717) is 11.3 Å². The van der Waals surface area contributed by atoms with Gasteiger partial charge in [-0.05, 0) is 45.0 Å². The number of hydrogen-bond donors (Lipinski definition) is 2. The minimum absolute atomic E-state index is 0.0998. The summed E-state index contributed by atoms with van der Waals surface area (Å²) in [6.45, 7) is 5.36. The lowest BCUT2D eigenvalue weighted by atomic mass is 10.1. The summed E-state index contributed by atoms with van der Waals surface area (Å²) in [6.07, 6.45) is 0. The first-order chi connectivity index (χ1) is 12.8. The van der Waals surface area contributed by atoms with E-state index < -0.39 is 6.04 Å². The second-order valence-electron chi connectivity index (χ2n) is 6.67. The Hall–Kier alpha value is -3.15. The number of anilines is 1. The summed E-state index contributed by atoms with van der Waals surface area (Å²) in [5.74, 6) is -0.959. The van der Waals surface area contributed by atoms with Crippen molar-refractivity contribution in [3.8, 4) is 0 Å². The number of amides is 3. The van der Waals surface area contributed by atoms with Gasteiger partial charge in [0.05, 0.1) is 6.54 Å². The molecule has 0 aliphatic heterocycles. The third-order valence-corrected chi connectivity index (χ3v) is 4.09. The summed E-state index contributed by atoms with van der Waals surface area (Å²) >= 11 is 0. The van der Waals surface area contributed by atoms with E-state index >= 15 is 0 Å². The summed E-state index contributed by atoms with van der Waals surface area (Å²) in [7, 11) is 1.53. The van der Waals surface area contributed by atoms with E-state index in [1.54, 1.807) is 37.3 Å². The highest BCUT2D eigenvalue weighted by Crippen LogP contribution is 2.09. The maximum Gasteiger partial charge on any atom is 0.251 e. The smallest absolute Gasteiger partial charge is 0.251 e. The van der Waals surface area contributed by atoms with Gasteiger partial charge in [0.15, 0.2) is 0 Å². The Morgan fingerprint density at radius 2 is 1.67 bits per heavy atom. The highest BCUT2D eigenvalue weighted by atomic mass is 16.2. The molecule has 27 heavy (non-hydrogen) atoms. The first-order valence-electron chi connectivity index (χ1n) is 8.75. The number of carbonyl (C=O) groups is 3. The molecule has 0 saturated carbocycles. The SMILES string of the molecule is Cc1ccc(NC(=O)CN(C)C(=O)C(C)NC(=O)c2cccc(C)c2)cc1. The van der Waals surface area contributed by atoms with Crippen molar-refractivity contribution in [1.82, 2.24) is 10.2 Å². The van der Waals surface area contributed by atoms with Gasteiger partial charge in [-0.2, -0.15) is 0 Å². The lowest BCUT2D eigenvalue weighted by Gasteiger charge is -2.22. The number of aryl methyl sites for hydroxylation is 2. The maximum atomic E-state index is 12.4. The molecular formula is C21H25N3O3. The Morgan fingerprint density at radius 1 is 1.00 bits per heavy atom. The predicted octanol–water partition coefficient (Wildman–Crippen LogP) is 2.52. The molecular weight excluding hydrogens is 342 g/mol. The van der Waals surface area contributed by atoms with Crippen molar-refractivity contribution in [3.63, 3.8) is 0 Å². The molecule has 2 aromatic rings. The summed E-state index contributed by atoms with van der Waals surface area (Å²) < 4.78 is 0. The number of nitrogens with zero attached hydrogens (tertiary/aromatic N) is 1. The van der Waals surface area contributed by atoms with Crippen molar-refractivity contribution < 1.29 is 14.4 Å². The van der Waals surface area contributed by atoms with Crippen LogP contribution in [0.5, 0.6) is 0 Å². The Bertz CT molecular complexity index is 831. The van der Waals surface area contributed by atoms with Gasteiger partial charge in [-0.25, -0.2) is 0 Å². The molecule has 0 spiro atoms. The molecule has 2 N–H and O–H groups in total. The number of benzene rings is 2. The van der Waals surface area contributed by atoms with Gasteiger partial charge in [0.25, 0.3) is 5.91 Å². The molecule has 3 amide bonds. The molecule has 0 aliphatic rings. The second-order valence-corrected chi connectivity index (χ2v) is 6.67. The zero-order valence-electron chi connectivity index (χ0n) is 16.1. The second kappa shape index (κ2) is 8.98. The minimum atomic E-state index is -0.741. The van der Waals surface area contributed by atoms with E-state index in [1.807, 2.05) is 32.0 Å². The quantitative estimate of drug-likeness (QED) is 0.823. The third kappa shape index (κ3) is 5.95. The van der Waals surface area contributed by atoms with Gasteiger partial charge in [-0.1, -0.05) is 35.4 Å². The molecule has 2 aromatic carbocycles. The molecule has 1 unspecified atom stereocenters. The van der Waals surface area contributed by atoms with Crippen molar-refractivity contribution in [3.05, 3.63) is 65.2 Å². The fourth-order valence-corrected chi connectivity index (χ4v) is 2.59. The van der Waals surface area contributed by atoms with E-state index in [0.717, 1.165) is 11.1 Å². The van der Waals surface area contributed by atoms with Crippen LogP contribution < -0.4 is 10.6 Å². The van der Waals surface area contributed by atoms with Crippen LogP contribution >= 0.6 is 0 Å². The minimum Gasteiger partial charge on any atom is -0.341 e. The van der Waals surface area contributed by atoms with Gasteiger partial charge in [0.2, 0.25) is 11.8 Å². The van der Waals surface area contributed by atoms with Crippen molar-refractivity contribution >= 4 is 23.4 Å². The number of nitrogens with one attached hydrogen (secondary N) is 2. The van der Waals surface area contributed by atoms with Crippen molar-refractivity contribution in [1.29, 1.82) is 0 Å². The van der Waals surface area contributed by atoms with E-state index in [1.165, 1.54) is 11.9 Å². The van der Waals surface area contributed by atoms with E-state index in [2.05, 4.69) is 10.6 Å². The molecule has 1 atom stereocenters. The van der Waals surface area contributed by atoms with Crippen molar-refractivity contribution in [2.75, 3.05) is 18.9 Å². The molecule has 142 valence electrons. The topological polar surface area (TPSA) is 78.5 Å². The maximum absolute atomic E-state index is 12.4. The third-order valence-electron chi connectivity index (χ3n) is 4.09. The average Bonchev–Trinajstić information content (AvgIpc) is 2.62. The van der Waals surface area contributed by atoms with Crippen LogP contribution in [0.15, 0.2) is 48.5 Å². The van der Waals surface area contributed by atoms with Crippen LogP contribution in [0.2, 0.25) is 0 Å². The van der Waals surface area contributed by atoms with Gasteiger partial charge in [-0.15, -0.1) is 0 Å². The van der Waals surface area contributed by atoms with Crippen LogP contribution in [-0.2, 0) is 9.59 Å². The van der Waals surface area contributed by atoms with Crippen molar-refractivity contribution in [2.24, 2.45) is 0 Å². The predicted molar refractivity (Wildman–Crippen MR) is 106 cm³/mol. The highest BCUT2D eigenvalue weighted by molar-refractivity contribution is 5.99. The van der Waals surface area contributed by atoms with Gasteiger partial charge in [0, 0.05) is 18.3 Å². The Balaban J connectivity index is 1.88. The largest absolute Gasteiger partial charge is 0.341 e. The first kappa shape index (κ1) is 20.2. The van der Waals surface area contributed by atoms with Crippen LogP contribution in [0.3, 0.4) is 0 Å². The van der Waals surface area contributed by atoms with Gasteiger partial charge in [-0.3, -0.25) is 14.4 Å². The standard InChI is InChI=1S/C21H25N3O3/c1-14-8-10-18(11-9-14)23-19(25)13-24(4)21(27)16(3)22-20(26)17-7-5-6-15(2)12-17/h5-12,16H,13H2,1-4H3,(H,22,26)(H,23,25). The molecule has 2 rings (SSSR count). The monoisotopic (exact) mass is 367 g/mol. The zero-order chi connectivity index (χ0) is 20.0. The summed E-state index contributed by atoms with van der Waals surface area (Å²) in [5.41, 5.74) is 3.23. The van der Waals surface area contributed by atoms with Gasteiger partial charge < -0.3 is 15.5 Å². The summed E-state index contributed by atoms with van der Waals surface area (Å²) in [4.78, 5) is 38.1. The van der Waals surface area contributed by atoms with Crippen LogP contribution in [-0.4, -0.2) is 42.3 Å². The Kier molecular flexibility index (Phi) is 6.71. The number of rotatable bonds is 6. The molecule has 0 bridgehead atoms. The number of likely N-dealkylation sites (N-methyl/N-ethyl adjacent to an activating group) is 1. The average molecular weight is 367 g/mol. The van der Waals surface area contributed by atoms with Gasteiger partial charge in [0.1, 0.15) is 6.04 Å². The number of carbonyl (C=O) groups excluding carboxylic acids is 3. The summed E-state index contributed by atoms with van der Waals surface area (Å²) in [6, 6.07) is 13.8. The molecule has 6 heteroatoms. The highest BCUT2D eigenvalue weighted by Gasteiger charge is 2.21. The van der Waals surface area contributed by atoms with E-state index in [4.69, 9.17) is 0 Å². The molecule has 0 aromatic heterocycles. The fraction of sp³-hybridized carbons (Fsp3) is 0.286. The molecule has 0 radical (unpaired) electrons. The van der Waals surface area contributed by atoms with Crippen LogP contribution in [0.4, 0.5) is 5.69 Å². The van der Waals surface area contributed by atoms with Crippen molar-refractivity contribution in [2.45, 2.75) is 26.8 Å².